The van der Waals surface area contributed by atoms with Crippen molar-refractivity contribution in [2.24, 2.45) is 0 Å². The van der Waals surface area contributed by atoms with Crippen molar-refractivity contribution in [3.8, 4) is 0 Å². The third-order valence-corrected chi connectivity index (χ3v) is 2.96. The Morgan fingerprint density at radius 2 is 1.94 bits per heavy atom. The highest BCUT2D eigenvalue weighted by atomic mass is 32.1. The zero-order chi connectivity index (χ0) is 12.3. The molecule has 2 aromatic rings. The van der Waals surface area contributed by atoms with E-state index in [0.29, 0.717) is 0 Å². The first-order chi connectivity index (χ1) is 8.16. The maximum Gasteiger partial charge on any atom is 0.335 e. The summed E-state index contributed by atoms with van der Waals surface area (Å²) in [5, 5.41) is 1.15. The van der Waals surface area contributed by atoms with Crippen LogP contribution < -0.4 is 0 Å². The van der Waals surface area contributed by atoms with Gasteiger partial charge in [0.15, 0.2) is 5.52 Å². The van der Waals surface area contributed by atoms with E-state index in [4.69, 9.17) is 12.4 Å². The van der Waals surface area contributed by atoms with Crippen LogP contribution in [0.15, 0.2) is 36.4 Å². The maximum atomic E-state index is 5.33. The largest absolute Gasteiger partial charge is 0.335 e. The molecule has 17 heavy (non-hydrogen) atoms. The molecule has 0 spiro atoms. The number of aromatic nitrogens is 1. The summed E-state index contributed by atoms with van der Waals surface area (Å²) >= 11 is 5.33. The lowest BCUT2D eigenvalue weighted by Gasteiger charge is -2.07. The third-order valence-electron chi connectivity index (χ3n) is 2.59. The van der Waals surface area contributed by atoms with Gasteiger partial charge in [-0.3, -0.25) is 0 Å². The van der Waals surface area contributed by atoms with Gasteiger partial charge >= 0.3 is 5.82 Å². The van der Waals surface area contributed by atoms with Gasteiger partial charge < -0.3 is 4.90 Å². The van der Waals surface area contributed by atoms with Gasteiger partial charge in [0.05, 0.1) is 0 Å². The Bertz CT molecular complexity index is 537. The minimum atomic E-state index is 0.799. The van der Waals surface area contributed by atoms with E-state index in [1.54, 1.807) is 3.95 Å². The van der Waals surface area contributed by atoms with Crippen molar-refractivity contribution in [1.82, 2.24) is 9.88 Å². The lowest BCUT2D eigenvalue weighted by Crippen LogP contribution is -2.21. The number of hydrogen-bond donors (Lipinski definition) is 0. The smallest absolute Gasteiger partial charge is 0.305 e. The van der Waals surface area contributed by atoms with E-state index in [2.05, 4.69) is 22.0 Å². The Kier molecular flexibility index (Phi) is 3.76. The first-order valence-electron chi connectivity index (χ1n) is 5.62. The molecule has 1 aromatic heterocycles. The highest BCUT2D eigenvalue weighted by molar-refractivity contribution is 7.44. The van der Waals surface area contributed by atoms with Crippen LogP contribution in [0.3, 0.4) is 0 Å². The molecule has 1 heterocycles. The average Bonchev–Trinajstić information content (AvgIpc) is 2.35. The summed E-state index contributed by atoms with van der Waals surface area (Å²) in [4.78, 5) is 6.67. The highest BCUT2D eigenvalue weighted by Gasteiger charge is 2.11. The Morgan fingerprint density at radius 1 is 1.18 bits per heavy atom. The molecule has 0 unspecified atom stereocenters. The van der Waals surface area contributed by atoms with Crippen LogP contribution in [-0.2, 0) is 12.4 Å². The second kappa shape index (κ2) is 5.29. The minimum Gasteiger partial charge on any atom is -0.305 e. The summed E-state index contributed by atoms with van der Waals surface area (Å²) in [7, 11) is 4.08. The van der Waals surface area contributed by atoms with Gasteiger partial charge in [-0.1, -0.05) is 18.2 Å². The van der Waals surface area contributed by atoms with E-state index >= 15 is 0 Å². The molecule has 0 amide bonds. The molecule has 0 atom stereocenters. The fourth-order valence-corrected chi connectivity index (χ4v) is 1.78. The zero-order valence-electron chi connectivity index (χ0n) is 10.1. The number of rotatable bonds is 4. The molecule has 0 radical (unpaired) electrons. The first-order valence-corrected chi connectivity index (χ1v) is 5.98. The monoisotopic (exact) mass is 246 g/mol. The van der Waals surface area contributed by atoms with E-state index in [9.17, 15) is 0 Å². The molecule has 2 rings (SSSR count). The van der Waals surface area contributed by atoms with E-state index < -0.39 is 0 Å². The molecule has 0 aliphatic carbocycles. The molecule has 0 bridgehead atoms. The van der Waals surface area contributed by atoms with Gasteiger partial charge in [-0.05, 0) is 31.2 Å². The quantitative estimate of drug-likeness (QED) is 0.771. The number of fused-ring (bicyclic) bond motifs is 1. The minimum absolute atomic E-state index is 0.799. The average molecular weight is 246 g/mol. The Labute approximate surface area is 107 Å². The Balaban J connectivity index is 2.21. The van der Waals surface area contributed by atoms with Gasteiger partial charge in [0.1, 0.15) is 19.0 Å². The molecule has 0 N–H and O–H groups in total. The number of likely N-dealkylation sites (N-methyl/N-ethyl adjacent to an activating group) is 1. The molecule has 0 aliphatic heterocycles. The van der Waals surface area contributed by atoms with Crippen LogP contribution in [0.5, 0.6) is 0 Å². The lowest BCUT2D eigenvalue weighted by molar-refractivity contribution is -0.413. The number of para-hydroxylation sites is 1. The summed E-state index contributed by atoms with van der Waals surface area (Å²) in [5.74, 6) is 0.848. The number of pyridine rings is 1. The first kappa shape index (κ1) is 12.1. The van der Waals surface area contributed by atoms with Crippen LogP contribution in [0.2, 0.25) is 0 Å². The van der Waals surface area contributed by atoms with Crippen molar-refractivity contribution < 1.29 is 3.95 Å². The number of nitrogens with zero attached hydrogens (tertiary/aromatic N) is 3. The van der Waals surface area contributed by atoms with Crippen LogP contribution in [0.1, 0.15) is 0 Å². The predicted octanol–water partition coefficient (Wildman–Crippen LogP) is 2.17. The van der Waals surface area contributed by atoms with Crippen molar-refractivity contribution in [3.05, 3.63) is 36.4 Å². The van der Waals surface area contributed by atoms with Crippen molar-refractivity contribution in [3.63, 3.8) is 0 Å². The van der Waals surface area contributed by atoms with E-state index in [-0.39, 0.29) is 0 Å². The zero-order valence-corrected chi connectivity index (χ0v) is 10.9. The second-order valence-corrected chi connectivity index (χ2v) is 4.71. The van der Waals surface area contributed by atoms with E-state index in [0.717, 1.165) is 29.8 Å². The van der Waals surface area contributed by atoms with Crippen LogP contribution in [-0.4, -0.2) is 41.0 Å². The topological polar surface area (TPSA) is 19.1 Å². The number of benzene rings is 1. The van der Waals surface area contributed by atoms with E-state index in [1.807, 2.05) is 38.4 Å². The fourth-order valence-electron chi connectivity index (χ4n) is 1.60. The molecule has 0 saturated carbocycles. The molecular formula is C13H16N3S+. The number of hydrogen-bond acceptors (Lipinski definition) is 3. The van der Waals surface area contributed by atoms with Crippen molar-refractivity contribution in [2.75, 3.05) is 27.2 Å². The normalized spacial score (nSPS) is 11.0. The fraction of sp³-hybridized carbons (Fsp3) is 0.308. The van der Waals surface area contributed by atoms with Gasteiger partial charge in [0.25, 0.3) is 0 Å². The van der Waals surface area contributed by atoms with Gasteiger partial charge in [-0.25, -0.2) is 0 Å². The Morgan fingerprint density at radius 3 is 2.71 bits per heavy atom. The van der Waals surface area contributed by atoms with Crippen LogP contribution in [0.25, 0.3) is 10.9 Å². The van der Waals surface area contributed by atoms with Crippen molar-refractivity contribution in [2.45, 2.75) is 0 Å². The molecule has 3 nitrogen and oxygen atoms in total. The summed E-state index contributed by atoms with van der Waals surface area (Å²) in [6.07, 6.45) is 0. The Hall–Kier alpha value is -1.39. The molecule has 4 heteroatoms. The summed E-state index contributed by atoms with van der Waals surface area (Å²) in [6, 6.07) is 12.1. The SMILES string of the molecule is CN(C)CC[N+](=S)c1ccc2ccccc2n1. The molecular weight excluding hydrogens is 230 g/mol. The maximum absolute atomic E-state index is 5.33. The second-order valence-electron chi connectivity index (χ2n) is 4.27. The van der Waals surface area contributed by atoms with Gasteiger partial charge in [-0.15, -0.1) is 0 Å². The molecule has 0 saturated heterocycles. The molecule has 0 fully saturated rings. The highest BCUT2D eigenvalue weighted by Crippen LogP contribution is 2.15. The predicted molar refractivity (Wildman–Crippen MR) is 72.4 cm³/mol. The third kappa shape index (κ3) is 3.05. The summed E-state index contributed by atoms with van der Waals surface area (Å²) in [5.41, 5.74) is 0.990. The molecule has 88 valence electrons. The van der Waals surface area contributed by atoms with Crippen LogP contribution in [0.4, 0.5) is 5.82 Å². The van der Waals surface area contributed by atoms with Crippen LogP contribution >= 0.6 is 0 Å². The molecule has 1 aromatic carbocycles. The van der Waals surface area contributed by atoms with Crippen LogP contribution in [0, 0.1) is 0 Å². The standard InChI is InChI=1S/C13H16N3S/c1-15(2)9-10-16(17)13-8-7-11-5-3-4-6-12(11)14-13/h3-8H,9-10H2,1-2H3/q+1. The van der Waals surface area contributed by atoms with Gasteiger partial charge in [0.2, 0.25) is 0 Å². The van der Waals surface area contributed by atoms with Crippen molar-refractivity contribution in [1.29, 1.82) is 0 Å². The summed E-state index contributed by atoms with van der Waals surface area (Å²) in [6.45, 7) is 1.73. The van der Waals surface area contributed by atoms with Crippen molar-refractivity contribution >= 4 is 29.1 Å². The van der Waals surface area contributed by atoms with Gasteiger partial charge in [-0.2, -0.15) is 3.95 Å². The lowest BCUT2D eigenvalue weighted by atomic mass is 10.2. The molecule has 0 aliphatic rings. The van der Waals surface area contributed by atoms with E-state index in [1.165, 1.54) is 0 Å². The summed E-state index contributed by atoms with van der Waals surface area (Å²) < 4.78 is 1.77. The van der Waals surface area contributed by atoms with Gasteiger partial charge in [0, 0.05) is 18.0 Å².